The molecule has 2 nitrogen and oxygen atoms in total. The quantitative estimate of drug-likeness (QED) is 0.883. The highest BCUT2D eigenvalue weighted by Gasteiger charge is 2.03. The number of hydrogen-bond acceptors (Lipinski definition) is 2. The lowest BCUT2D eigenvalue weighted by Crippen LogP contribution is -1.91. The van der Waals surface area contributed by atoms with Crippen LogP contribution in [0.3, 0.4) is 0 Å². The molecular formula is C14H13ClO2. The van der Waals surface area contributed by atoms with E-state index >= 15 is 0 Å². The Morgan fingerprint density at radius 3 is 2.29 bits per heavy atom. The molecule has 0 saturated carbocycles. The van der Waals surface area contributed by atoms with Crippen molar-refractivity contribution < 1.29 is 9.84 Å². The molecule has 0 saturated heterocycles. The molecule has 0 bridgehead atoms. The highest BCUT2D eigenvalue weighted by molar-refractivity contribution is 6.32. The molecule has 0 heterocycles. The van der Waals surface area contributed by atoms with Crippen LogP contribution >= 0.6 is 11.6 Å². The molecule has 0 spiro atoms. The van der Waals surface area contributed by atoms with Crippen LogP contribution in [0.25, 0.3) is 0 Å². The molecule has 1 unspecified atom stereocenters. The zero-order valence-corrected chi connectivity index (χ0v) is 10.2. The molecule has 1 atom stereocenters. The van der Waals surface area contributed by atoms with Gasteiger partial charge in [0.25, 0.3) is 0 Å². The molecule has 1 N–H and O–H groups in total. The van der Waals surface area contributed by atoms with E-state index in [2.05, 4.69) is 0 Å². The van der Waals surface area contributed by atoms with Crippen LogP contribution in [0, 0.1) is 0 Å². The van der Waals surface area contributed by atoms with Crippen molar-refractivity contribution in [3.05, 3.63) is 59.1 Å². The number of halogens is 1. The van der Waals surface area contributed by atoms with Crippen molar-refractivity contribution in [1.29, 1.82) is 0 Å². The van der Waals surface area contributed by atoms with E-state index in [0.717, 1.165) is 5.56 Å². The van der Waals surface area contributed by atoms with Gasteiger partial charge in [-0.2, -0.15) is 0 Å². The molecule has 3 heteroatoms. The average molecular weight is 249 g/mol. The highest BCUT2D eigenvalue weighted by atomic mass is 35.5. The summed E-state index contributed by atoms with van der Waals surface area (Å²) >= 11 is 5.99. The van der Waals surface area contributed by atoms with Gasteiger partial charge in [-0.25, -0.2) is 0 Å². The van der Waals surface area contributed by atoms with Crippen LogP contribution in [0.5, 0.6) is 11.5 Å². The first kappa shape index (κ1) is 12.0. The fraction of sp³-hybridized carbons (Fsp3) is 0.143. The molecule has 2 aromatic rings. The third-order valence-electron chi connectivity index (χ3n) is 2.43. The van der Waals surface area contributed by atoms with Crippen LogP contribution in [0.1, 0.15) is 18.6 Å². The summed E-state index contributed by atoms with van der Waals surface area (Å²) in [5.74, 6) is 1.32. The van der Waals surface area contributed by atoms with E-state index in [9.17, 15) is 5.11 Å². The van der Waals surface area contributed by atoms with Gasteiger partial charge in [-0.15, -0.1) is 0 Å². The first-order valence-corrected chi connectivity index (χ1v) is 5.75. The van der Waals surface area contributed by atoms with E-state index in [0.29, 0.717) is 16.5 Å². The van der Waals surface area contributed by atoms with Gasteiger partial charge in [-0.3, -0.25) is 0 Å². The SMILES string of the molecule is CC(O)c1ccc(Oc2ccccc2Cl)cc1. The Kier molecular flexibility index (Phi) is 3.67. The second-order valence-electron chi connectivity index (χ2n) is 3.78. The fourth-order valence-electron chi connectivity index (χ4n) is 1.47. The monoisotopic (exact) mass is 248 g/mol. The van der Waals surface area contributed by atoms with Crippen LogP contribution in [-0.4, -0.2) is 5.11 Å². The van der Waals surface area contributed by atoms with Crippen molar-refractivity contribution in [3.8, 4) is 11.5 Å². The summed E-state index contributed by atoms with van der Waals surface area (Å²) in [5, 5.41) is 9.96. The Bertz CT molecular complexity index is 492. The zero-order valence-electron chi connectivity index (χ0n) is 9.43. The molecule has 0 aliphatic carbocycles. The van der Waals surface area contributed by atoms with Crippen LogP contribution in [0.2, 0.25) is 5.02 Å². The predicted molar refractivity (Wildman–Crippen MR) is 68.6 cm³/mol. The number of hydrogen-bond donors (Lipinski definition) is 1. The molecule has 0 aromatic heterocycles. The summed E-state index contributed by atoms with van der Waals surface area (Å²) < 4.78 is 5.63. The topological polar surface area (TPSA) is 29.5 Å². The van der Waals surface area contributed by atoms with Gasteiger partial charge < -0.3 is 9.84 Å². The molecule has 0 aliphatic heterocycles. The van der Waals surface area contributed by atoms with Crippen LogP contribution < -0.4 is 4.74 Å². The summed E-state index contributed by atoms with van der Waals surface area (Å²) in [6, 6.07) is 14.6. The number of aliphatic hydroxyl groups excluding tert-OH is 1. The maximum absolute atomic E-state index is 9.39. The van der Waals surface area contributed by atoms with E-state index in [-0.39, 0.29) is 0 Å². The molecule has 2 aromatic carbocycles. The van der Waals surface area contributed by atoms with Crippen molar-refractivity contribution in [1.82, 2.24) is 0 Å². The molecule has 0 aliphatic rings. The van der Waals surface area contributed by atoms with Crippen LogP contribution in [-0.2, 0) is 0 Å². The standard InChI is InChI=1S/C14H13ClO2/c1-10(16)11-6-8-12(9-7-11)17-14-5-3-2-4-13(14)15/h2-10,16H,1H3. The fourth-order valence-corrected chi connectivity index (χ4v) is 1.64. The minimum atomic E-state index is -0.468. The van der Waals surface area contributed by atoms with Crippen LogP contribution in [0.15, 0.2) is 48.5 Å². The first-order chi connectivity index (χ1) is 8.16. The van der Waals surface area contributed by atoms with E-state index in [1.807, 2.05) is 42.5 Å². The first-order valence-electron chi connectivity index (χ1n) is 5.37. The summed E-state index contributed by atoms with van der Waals surface area (Å²) in [6.07, 6.45) is -0.468. The smallest absolute Gasteiger partial charge is 0.146 e. The number of para-hydroxylation sites is 1. The number of benzene rings is 2. The molecule has 88 valence electrons. The van der Waals surface area contributed by atoms with Gasteiger partial charge in [0.05, 0.1) is 11.1 Å². The van der Waals surface area contributed by atoms with E-state index in [4.69, 9.17) is 16.3 Å². The Morgan fingerprint density at radius 1 is 1.06 bits per heavy atom. The van der Waals surface area contributed by atoms with Gasteiger partial charge >= 0.3 is 0 Å². The third-order valence-corrected chi connectivity index (χ3v) is 2.74. The van der Waals surface area contributed by atoms with Crippen molar-refractivity contribution in [2.24, 2.45) is 0 Å². The maximum Gasteiger partial charge on any atom is 0.146 e. The summed E-state index contributed by atoms with van der Waals surface area (Å²) in [5.41, 5.74) is 0.858. The van der Waals surface area contributed by atoms with Crippen molar-refractivity contribution in [2.45, 2.75) is 13.0 Å². The lowest BCUT2D eigenvalue weighted by molar-refractivity contribution is 0.199. The Hall–Kier alpha value is -1.51. The maximum atomic E-state index is 9.39. The van der Waals surface area contributed by atoms with E-state index in [1.165, 1.54) is 0 Å². The third kappa shape index (κ3) is 2.99. The summed E-state index contributed by atoms with van der Waals surface area (Å²) in [6.45, 7) is 1.73. The normalized spacial score (nSPS) is 12.2. The largest absolute Gasteiger partial charge is 0.456 e. The average Bonchev–Trinajstić information content (AvgIpc) is 2.33. The highest BCUT2D eigenvalue weighted by Crippen LogP contribution is 2.29. The summed E-state index contributed by atoms with van der Waals surface area (Å²) in [7, 11) is 0. The molecule has 0 fully saturated rings. The van der Waals surface area contributed by atoms with Gasteiger partial charge in [-0.05, 0) is 36.8 Å². The Labute approximate surface area is 105 Å². The molecule has 0 amide bonds. The Morgan fingerprint density at radius 2 is 1.71 bits per heavy atom. The van der Waals surface area contributed by atoms with Gasteiger partial charge in [-0.1, -0.05) is 35.9 Å². The lowest BCUT2D eigenvalue weighted by atomic mass is 10.1. The minimum absolute atomic E-state index is 0.468. The van der Waals surface area contributed by atoms with E-state index < -0.39 is 6.10 Å². The Balaban J connectivity index is 2.17. The number of rotatable bonds is 3. The number of ether oxygens (including phenoxy) is 1. The van der Waals surface area contributed by atoms with Gasteiger partial charge in [0.15, 0.2) is 0 Å². The van der Waals surface area contributed by atoms with Crippen molar-refractivity contribution >= 4 is 11.6 Å². The van der Waals surface area contributed by atoms with Crippen molar-refractivity contribution in [2.75, 3.05) is 0 Å². The summed E-state index contributed by atoms with van der Waals surface area (Å²) in [4.78, 5) is 0. The second-order valence-corrected chi connectivity index (χ2v) is 4.18. The second kappa shape index (κ2) is 5.21. The van der Waals surface area contributed by atoms with Gasteiger partial charge in [0.2, 0.25) is 0 Å². The zero-order chi connectivity index (χ0) is 12.3. The molecule has 0 radical (unpaired) electrons. The van der Waals surface area contributed by atoms with Gasteiger partial charge in [0, 0.05) is 0 Å². The molecular weight excluding hydrogens is 236 g/mol. The van der Waals surface area contributed by atoms with E-state index in [1.54, 1.807) is 13.0 Å². The van der Waals surface area contributed by atoms with Crippen LogP contribution in [0.4, 0.5) is 0 Å². The van der Waals surface area contributed by atoms with Crippen molar-refractivity contribution in [3.63, 3.8) is 0 Å². The minimum Gasteiger partial charge on any atom is -0.456 e. The molecule has 2 rings (SSSR count). The van der Waals surface area contributed by atoms with Gasteiger partial charge in [0.1, 0.15) is 11.5 Å². The lowest BCUT2D eigenvalue weighted by Gasteiger charge is -2.09. The number of aliphatic hydroxyl groups is 1. The predicted octanol–water partition coefficient (Wildman–Crippen LogP) is 4.19. The molecule has 17 heavy (non-hydrogen) atoms.